The van der Waals surface area contributed by atoms with E-state index in [-0.39, 0.29) is 11.5 Å². The zero-order valence-electron chi connectivity index (χ0n) is 11.0. The number of carbonyl (C=O) groups excluding carboxylic acids is 1. The molecule has 1 heterocycles. The van der Waals surface area contributed by atoms with Crippen LogP contribution in [0, 0.1) is 0 Å². The fraction of sp³-hybridized carbons (Fsp3) is 0.286. The van der Waals surface area contributed by atoms with Gasteiger partial charge in [0.1, 0.15) is 12.0 Å². The van der Waals surface area contributed by atoms with E-state index in [4.69, 9.17) is 0 Å². The molecule has 1 aromatic carbocycles. The number of ketones is 1. The second kappa shape index (κ2) is 5.11. The van der Waals surface area contributed by atoms with Gasteiger partial charge in [-0.15, -0.1) is 0 Å². The summed E-state index contributed by atoms with van der Waals surface area (Å²) in [4.78, 5) is 15.8. The topological polar surface area (TPSA) is 34.9 Å². The van der Waals surface area contributed by atoms with Crippen LogP contribution in [0.2, 0.25) is 0 Å². The van der Waals surface area contributed by atoms with Gasteiger partial charge in [0.2, 0.25) is 0 Å². The zero-order chi connectivity index (χ0) is 14.9. The first kappa shape index (κ1) is 14.3. The van der Waals surface area contributed by atoms with Crippen LogP contribution in [0.5, 0.6) is 0 Å². The monoisotopic (exact) mass is 282 g/mol. The molecule has 6 heteroatoms. The molecule has 0 amide bonds. The Labute approximate surface area is 114 Å². The third kappa shape index (κ3) is 2.59. The number of nitrogens with zero attached hydrogens (tertiary/aromatic N) is 2. The lowest BCUT2D eigenvalue weighted by Crippen LogP contribution is -2.09. The van der Waals surface area contributed by atoms with Crippen molar-refractivity contribution < 1.29 is 18.0 Å². The van der Waals surface area contributed by atoms with Gasteiger partial charge in [0, 0.05) is 12.6 Å². The highest BCUT2D eigenvalue weighted by Crippen LogP contribution is 2.30. The predicted molar refractivity (Wildman–Crippen MR) is 67.9 cm³/mol. The Morgan fingerprint density at radius 2 is 2.05 bits per heavy atom. The minimum Gasteiger partial charge on any atom is -0.296 e. The van der Waals surface area contributed by atoms with Gasteiger partial charge in [0.05, 0.1) is 11.3 Å². The minimum absolute atomic E-state index is 0.225. The van der Waals surface area contributed by atoms with Crippen LogP contribution in [-0.4, -0.2) is 15.3 Å². The summed E-state index contributed by atoms with van der Waals surface area (Å²) in [5.41, 5.74) is 0.426. The molecular weight excluding hydrogens is 269 g/mol. The third-order valence-electron chi connectivity index (χ3n) is 2.96. The van der Waals surface area contributed by atoms with Gasteiger partial charge in [-0.05, 0) is 24.6 Å². The fourth-order valence-electron chi connectivity index (χ4n) is 2.04. The summed E-state index contributed by atoms with van der Waals surface area (Å²) < 4.78 is 39.6. The van der Waals surface area contributed by atoms with Crippen LogP contribution < -0.4 is 0 Å². The van der Waals surface area contributed by atoms with E-state index in [1.165, 1.54) is 30.0 Å². The number of carbonyl (C=O) groups is 1. The molecule has 106 valence electrons. The first-order valence-corrected chi connectivity index (χ1v) is 6.09. The molecule has 0 aliphatic rings. The predicted octanol–water partition coefficient (Wildman–Crippen LogP) is 3.66. The smallest absolute Gasteiger partial charge is 0.296 e. The molecule has 20 heavy (non-hydrogen) atoms. The lowest BCUT2D eigenvalue weighted by atomic mass is 10.1. The van der Waals surface area contributed by atoms with E-state index in [1.807, 2.05) is 6.92 Å². The largest absolute Gasteiger partial charge is 0.416 e. The van der Waals surface area contributed by atoms with Gasteiger partial charge < -0.3 is 0 Å². The molecule has 0 N–H and O–H groups in total. The number of aromatic nitrogens is 2. The molecule has 3 nitrogen and oxygen atoms in total. The van der Waals surface area contributed by atoms with Crippen molar-refractivity contribution >= 4 is 5.78 Å². The van der Waals surface area contributed by atoms with E-state index >= 15 is 0 Å². The molecule has 0 bridgehead atoms. The summed E-state index contributed by atoms with van der Waals surface area (Å²) in [6.45, 7) is 3.21. The average Bonchev–Trinajstić information content (AvgIpc) is 2.81. The van der Waals surface area contributed by atoms with E-state index in [9.17, 15) is 18.0 Å². The lowest BCUT2D eigenvalue weighted by molar-refractivity contribution is -0.137. The normalized spacial score (nSPS) is 11.7. The Balaban J connectivity index is 2.58. The molecule has 0 fully saturated rings. The number of hydrogen-bond donors (Lipinski definition) is 0. The fourth-order valence-corrected chi connectivity index (χ4v) is 2.04. The van der Waals surface area contributed by atoms with E-state index in [2.05, 4.69) is 4.98 Å². The third-order valence-corrected chi connectivity index (χ3v) is 2.96. The van der Waals surface area contributed by atoms with Crippen LogP contribution >= 0.6 is 0 Å². The van der Waals surface area contributed by atoms with Crippen LogP contribution in [0.15, 0.2) is 30.6 Å². The maximum atomic E-state index is 12.7. The summed E-state index contributed by atoms with van der Waals surface area (Å²) in [5.74, 6) is -0.225. The van der Waals surface area contributed by atoms with Crippen LogP contribution in [0.25, 0.3) is 5.69 Å². The highest BCUT2D eigenvalue weighted by molar-refractivity contribution is 5.94. The highest BCUT2D eigenvalue weighted by atomic mass is 19.4. The Hall–Kier alpha value is -2.11. The molecule has 0 unspecified atom stereocenters. The molecule has 0 saturated heterocycles. The number of rotatable bonds is 3. The van der Waals surface area contributed by atoms with E-state index in [0.29, 0.717) is 17.8 Å². The molecule has 2 rings (SSSR count). The van der Waals surface area contributed by atoms with E-state index in [0.717, 1.165) is 12.1 Å². The summed E-state index contributed by atoms with van der Waals surface area (Å²) in [6.07, 6.45) is -2.49. The molecule has 2 aromatic rings. The SMILES string of the molecule is CCc1ncn(-c2cccc(C(F)(F)F)c2)c1C(C)=O. The van der Waals surface area contributed by atoms with Gasteiger partial charge in [-0.25, -0.2) is 4.98 Å². The molecular formula is C14H13F3N2O. The maximum Gasteiger partial charge on any atom is 0.416 e. The van der Waals surface area contributed by atoms with Crippen LogP contribution in [-0.2, 0) is 12.6 Å². The lowest BCUT2D eigenvalue weighted by Gasteiger charge is -2.11. The second-order valence-corrected chi connectivity index (χ2v) is 4.37. The number of Topliss-reactive ketones (excluding diaryl/α,β-unsaturated/α-hetero) is 1. The van der Waals surface area contributed by atoms with Crippen LogP contribution in [0.4, 0.5) is 13.2 Å². The number of aryl methyl sites for hydroxylation is 1. The molecule has 0 atom stereocenters. The number of hydrogen-bond acceptors (Lipinski definition) is 2. The zero-order valence-corrected chi connectivity index (χ0v) is 11.0. The Morgan fingerprint density at radius 1 is 1.35 bits per heavy atom. The Morgan fingerprint density at radius 3 is 2.60 bits per heavy atom. The van der Waals surface area contributed by atoms with Gasteiger partial charge in [0.25, 0.3) is 0 Å². The van der Waals surface area contributed by atoms with Gasteiger partial charge in [-0.1, -0.05) is 13.0 Å². The standard InChI is InChI=1S/C14H13F3N2O/c1-3-12-13(9(2)20)19(8-18-12)11-6-4-5-10(7-11)14(15,16)17/h4-8H,3H2,1-2H3. The van der Waals surface area contributed by atoms with Crippen molar-refractivity contribution in [2.45, 2.75) is 26.4 Å². The van der Waals surface area contributed by atoms with Crippen LogP contribution in [0.1, 0.15) is 35.6 Å². The number of halogens is 3. The molecule has 0 aliphatic heterocycles. The molecule has 0 saturated carbocycles. The van der Waals surface area contributed by atoms with Crippen molar-refractivity contribution in [3.05, 3.63) is 47.5 Å². The maximum absolute atomic E-state index is 12.7. The molecule has 0 aliphatic carbocycles. The molecule has 0 spiro atoms. The van der Waals surface area contributed by atoms with Gasteiger partial charge in [-0.2, -0.15) is 13.2 Å². The summed E-state index contributed by atoms with van der Waals surface area (Å²) in [6, 6.07) is 4.83. The highest BCUT2D eigenvalue weighted by Gasteiger charge is 2.30. The van der Waals surface area contributed by atoms with Crippen molar-refractivity contribution in [1.29, 1.82) is 0 Å². The summed E-state index contributed by atoms with van der Waals surface area (Å²) in [7, 11) is 0. The summed E-state index contributed by atoms with van der Waals surface area (Å²) >= 11 is 0. The van der Waals surface area contributed by atoms with Crippen molar-refractivity contribution in [3.8, 4) is 5.69 Å². The van der Waals surface area contributed by atoms with Crippen molar-refractivity contribution in [1.82, 2.24) is 9.55 Å². The molecule has 1 aromatic heterocycles. The van der Waals surface area contributed by atoms with Crippen molar-refractivity contribution in [2.75, 3.05) is 0 Å². The number of imidazole rings is 1. The average molecular weight is 282 g/mol. The molecule has 0 radical (unpaired) electrons. The van der Waals surface area contributed by atoms with Crippen molar-refractivity contribution in [3.63, 3.8) is 0 Å². The minimum atomic E-state index is -4.42. The van der Waals surface area contributed by atoms with Gasteiger partial charge >= 0.3 is 6.18 Å². The quantitative estimate of drug-likeness (QED) is 0.805. The van der Waals surface area contributed by atoms with Gasteiger partial charge in [0.15, 0.2) is 5.78 Å². The first-order valence-electron chi connectivity index (χ1n) is 6.09. The van der Waals surface area contributed by atoms with E-state index in [1.54, 1.807) is 0 Å². The second-order valence-electron chi connectivity index (χ2n) is 4.37. The Bertz CT molecular complexity index is 644. The summed E-state index contributed by atoms with van der Waals surface area (Å²) in [5, 5.41) is 0. The van der Waals surface area contributed by atoms with Crippen molar-refractivity contribution in [2.24, 2.45) is 0 Å². The van der Waals surface area contributed by atoms with Gasteiger partial charge in [-0.3, -0.25) is 9.36 Å². The number of benzene rings is 1. The van der Waals surface area contributed by atoms with Crippen LogP contribution in [0.3, 0.4) is 0 Å². The Kier molecular flexibility index (Phi) is 3.65. The number of alkyl halides is 3. The first-order chi connectivity index (χ1) is 9.34. The van der Waals surface area contributed by atoms with E-state index < -0.39 is 11.7 Å².